The summed E-state index contributed by atoms with van der Waals surface area (Å²) in [7, 11) is 3.38. The minimum atomic E-state index is -0.385. The molecule has 7 heteroatoms. The summed E-state index contributed by atoms with van der Waals surface area (Å²) < 4.78 is 1.34. The Hall–Kier alpha value is -1.07. The van der Waals surface area contributed by atoms with Crippen LogP contribution in [0.25, 0.3) is 0 Å². The van der Waals surface area contributed by atoms with E-state index in [0.717, 1.165) is 0 Å². The second-order valence-corrected chi connectivity index (χ2v) is 4.48. The minimum absolute atomic E-state index is 0.00251. The van der Waals surface area contributed by atoms with Gasteiger partial charge in [0.1, 0.15) is 5.02 Å². The van der Waals surface area contributed by atoms with E-state index in [9.17, 15) is 9.59 Å². The van der Waals surface area contributed by atoms with Gasteiger partial charge in [-0.3, -0.25) is 14.2 Å². The van der Waals surface area contributed by atoms with Crippen LogP contribution in [0, 0.1) is 0 Å². The maximum Gasteiger partial charge on any atom is 0.273 e. The van der Waals surface area contributed by atoms with E-state index in [1.807, 2.05) is 0 Å². The van der Waals surface area contributed by atoms with Crippen LogP contribution in [0.3, 0.4) is 0 Å². The highest BCUT2D eigenvalue weighted by Crippen LogP contribution is 2.12. The van der Waals surface area contributed by atoms with Gasteiger partial charge in [0.25, 0.3) is 5.56 Å². The van der Waals surface area contributed by atoms with Crippen LogP contribution in [0.15, 0.2) is 11.1 Å². The van der Waals surface area contributed by atoms with Crippen LogP contribution in [0.5, 0.6) is 0 Å². The Morgan fingerprint density at radius 3 is 2.71 bits per heavy atom. The quantitative estimate of drug-likeness (QED) is 0.783. The van der Waals surface area contributed by atoms with Crippen molar-refractivity contribution in [2.45, 2.75) is 19.4 Å². The number of carbonyl (C=O) groups is 1. The number of amides is 1. The fourth-order valence-electron chi connectivity index (χ4n) is 1.23. The number of aromatic nitrogens is 2. The van der Waals surface area contributed by atoms with E-state index in [1.54, 1.807) is 14.1 Å². The van der Waals surface area contributed by atoms with Crippen molar-refractivity contribution in [3.05, 3.63) is 26.9 Å². The lowest BCUT2D eigenvalue weighted by Gasteiger charge is -2.10. The van der Waals surface area contributed by atoms with Crippen molar-refractivity contribution in [3.8, 4) is 0 Å². The molecule has 1 rings (SSSR count). The standard InChI is InChI=1S/C10H13Cl2N3O2/c1-14(2)7(16)4-3-5-15-6-13-9(12)8(11)10(15)17/h6H,3-5H2,1-2H3. The van der Waals surface area contributed by atoms with Gasteiger partial charge < -0.3 is 4.90 Å². The molecule has 0 radical (unpaired) electrons. The number of rotatable bonds is 4. The van der Waals surface area contributed by atoms with Gasteiger partial charge in [-0.05, 0) is 6.42 Å². The fraction of sp³-hybridized carbons (Fsp3) is 0.500. The monoisotopic (exact) mass is 277 g/mol. The number of hydrogen-bond acceptors (Lipinski definition) is 3. The Morgan fingerprint density at radius 2 is 2.12 bits per heavy atom. The third kappa shape index (κ3) is 3.71. The largest absolute Gasteiger partial charge is 0.349 e. The summed E-state index contributed by atoms with van der Waals surface area (Å²) in [6.45, 7) is 0.391. The van der Waals surface area contributed by atoms with Crippen LogP contribution in [0.4, 0.5) is 0 Å². The summed E-state index contributed by atoms with van der Waals surface area (Å²) in [5.74, 6) is 0.0195. The topological polar surface area (TPSA) is 55.2 Å². The molecule has 0 bridgehead atoms. The van der Waals surface area contributed by atoms with Crippen molar-refractivity contribution < 1.29 is 4.79 Å². The molecule has 0 aliphatic carbocycles. The lowest BCUT2D eigenvalue weighted by atomic mass is 10.3. The van der Waals surface area contributed by atoms with Crippen molar-refractivity contribution in [3.63, 3.8) is 0 Å². The van der Waals surface area contributed by atoms with E-state index in [0.29, 0.717) is 19.4 Å². The third-order valence-corrected chi connectivity index (χ3v) is 2.95. The van der Waals surface area contributed by atoms with E-state index in [1.165, 1.54) is 15.8 Å². The van der Waals surface area contributed by atoms with E-state index in [2.05, 4.69) is 4.98 Å². The number of nitrogens with zero attached hydrogens (tertiary/aromatic N) is 3. The van der Waals surface area contributed by atoms with Gasteiger partial charge in [0, 0.05) is 27.1 Å². The summed E-state index contributed by atoms with van der Waals surface area (Å²) in [6, 6.07) is 0. The molecular weight excluding hydrogens is 265 g/mol. The molecule has 0 aliphatic heterocycles. The van der Waals surface area contributed by atoms with Gasteiger partial charge >= 0.3 is 0 Å². The van der Waals surface area contributed by atoms with Crippen LogP contribution in [0.1, 0.15) is 12.8 Å². The SMILES string of the molecule is CN(C)C(=O)CCCn1cnc(Cl)c(Cl)c1=O. The summed E-state index contributed by atoms with van der Waals surface area (Å²) in [5, 5.41) is -0.0922. The van der Waals surface area contributed by atoms with Crippen LogP contribution >= 0.6 is 23.2 Å². The van der Waals surface area contributed by atoms with Gasteiger partial charge in [0.2, 0.25) is 5.91 Å². The van der Waals surface area contributed by atoms with Crippen molar-refractivity contribution in [2.24, 2.45) is 0 Å². The average molecular weight is 278 g/mol. The highest BCUT2D eigenvalue weighted by Gasteiger charge is 2.08. The van der Waals surface area contributed by atoms with Gasteiger partial charge in [0.15, 0.2) is 5.15 Å². The Morgan fingerprint density at radius 1 is 1.47 bits per heavy atom. The Balaban J connectivity index is 2.62. The molecule has 0 aliphatic rings. The normalized spacial score (nSPS) is 10.4. The molecule has 1 amide bonds. The first-order chi connectivity index (χ1) is 7.93. The molecule has 17 heavy (non-hydrogen) atoms. The summed E-state index contributed by atoms with van der Waals surface area (Å²) >= 11 is 11.3. The van der Waals surface area contributed by atoms with Crippen molar-refractivity contribution in [1.29, 1.82) is 0 Å². The summed E-state index contributed by atoms with van der Waals surface area (Å²) in [5.41, 5.74) is -0.385. The molecule has 1 heterocycles. The number of aryl methyl sites for hydroxylation is 1. The van der Waals surface area contributed by atoms with Gasteiger partial charge in [-0.25, -0.2) is 4.98 Å². The first-order valence-corrected chi connectivity index (χ1v) is 5.79. The predicted molar refractivity (Wildman–Crippen MR) is 66.4 cm³/mol. The smallest absolute Gasteiger partial charge is 0.273 e. The second-order valence-electron chi connectivity index (χ2n) is 3.74. The van der Waals surface area contributed by atoms with E-state index >= 15 is 0 Å². The van der Waals surface area contributed by atoms with E-state index in [-0.39, 0.29) is 21.6 Å². The third-order valence-electron chi connectivity index (χ3n) is 2.23. The van der Waals surface area contributed by atoms with E-state index in [4.69, 9.17) is 23.2 Å². The molecule has 0 spiro atoms. The average Bonchev–Trinajstić information content (AvgIpc) is 2.28. The first kappa shape index (κ1) is 14.0. The minimum Gasteiger partial charge on any atom is -0.349 e. The molecule has 5 nitrogen and oxygen atoms in total. The maximum atomic E-state index is 11.6. The number of hydrogen-bond donors (Lipinski definition) is 0. The molecule has 94 valence electrons. The van der Waals surface area contributed by atoms with Gasteiger partial charge in [-0.2, -0.15) is 0 Å². The zero-order valence-corrected chi connectivity index (χ0v) is 11.1. The molecule has 0 fully saturated rings. The fourth-order valence-corrected chi connectivity index (χ4v) is 1.51. The molecule has 0 unspecified atom stereocenters. The molecule has 0 N–H and O–H groups in total. The van der Waals surface area contributed by atoms with E-state index < -0.39 is 0 Å². The van der Waals surface area contributed by atoms with Crippen LogP contribution in [-0.2, 0) is 11.3 Å². The molecule has 0 atom stereocenters. The lowest BCUT2D eigenvalue weighted by molar-refractivity contribution is -0.128. The Bertz CT molecular complexity index is 471. The molecular formula is C10H13Cl2N3O2. The van der Waals surface area contributed by atoms with Crippen molar-refractivity contribution in [1.82, 2.24) is 14.5 Å². The predicted octanol–water partition coefficient (Wildman–Crippen LogP) is 1.42. The highest BCUT2D eigenvalue weighted by atomic mass is 35.5. The molecule has 0 aromatic carbocycles. The van der Waals surface area contributed by atoms with Gasteiger partial charge in [-0.15, -0.1) is 0 Å². The summed E-state index contributed by atoms with van der Waals surface area (Å²) in [6.07, 6.45) is 2.26. The Kier molecular flexibility index (Phi) is 4.96. The number of halogens is 2. The van der Waals surface area contributed by atoms with Crippen LogP contribution in [0.2, 0.25) is 10.2 Å². The molecule has 0 saturated heterocycles. The molecule has 1 aromatic heterocycles. The van der Waals surface area contributed by atoms with Crippen molar-refractivity contribution in [2.75, 3.05) is 14.1 Å². The number of carbonyl (C=O) groups excluding carboxylic acids is 1. The zero-order chi connectivity index (χ0) is 13.0. The lowest BCUT2D eigenvalue weighted by Crippen LogP contribution is -2.24. The second kappa shape index (κ2) is 6.02. The van der Waals surface area contributed by atoms with Crippen LogP contribution < -0.4 is 5.56 Å². The highest BCUT2D eigenvalue weighted by molar-refractivity contribution is 6.40. The first-order valence-electron chi connectivity index (χ1n) is 5.04. The molecule has 0 saturated carbocycles. The van der Waals surface area contributed by atoms with Crippen molar-refractivity contribution >= 4 is 29.1 Å². The summed E-state index contributed by atoms with van der Waals surface area (Å²) in [4.78, 5) is 28.2. The van der Waals surface area contributed by atoms with Gasteiger partial charge in [-0.1, -0.05) is 23.2 Å². The zero-order valence-electron chi connectivity index (χ0n) is 9.61. The van der Waals surface area contributed by atoms with Gasteiger partial charge in [0.05, 0.1) is 6.33 Å². The maximum absolute atomic E-state index is 11.6. The van der Waals surface area contributed by atoms with Crippen LogP contribution in [-0.4, -0.2) is 34.5 Å². The Labute approximate surface area is 109 Å². The molecule has 1 aromatic rings.